The van der Waals surface area contributed by atoms with Crippen LogP contribution in [0.5, 0.6) is 5.75 Å². The maximum atomic E-state index is 13.8. The number of ether oxygens (including phenoxy) is 4. The second-order valence-corrected chi connectivity index (χ2v) is 17.6. The predicted molar refractivity (Wildman–Crippen MR) is 218 cm³/mol. The van der Waals surface area contributed by atoms with E-state index in [1.54, 1.807) is 48.7 Å². The predicted octanol–water partition coefficient (Wildman–Crippen LogP) is 6.43. The molecule has 3 aliphatic heterocycles. The first-order valence-electron chi connectivity index (χ1n) is 21.1. The van der Waals surface area contributed by atoms with Gasteiger partial charge in [0.25, 0.3) is 0 Å². The van der Waals surface area contributed by atoms with Crippen molar-refractivity contribution in [3.8, 4) is 5.75 Å². The third-order valence-corrected chi connectivity index (χ3v) is 10.6. The second-order valence-electron chi connectivity index (χ2n) is 17.6. The number of nitrogens with one attached hydrogen (secondary N) is 3. The molecular formula is C43H71N6O7+. The van der Waals surface area contributed by atoms with Crippen molar-refractivity contribution in [3.05, 3.63) is 29.8 Å². The standard InChI is InChI=1S/C43H70N6O7/c1-10-11-12-13-14-15-16-19-32-28-33-22-25-35-36(30(2)45-39(49(33)35)48(32)29-31-20-23-34(53-9)24-21-31)37(50)54-27-18-17-26-44-38(46-40(51)55-42(3,4)5)47-41(52)56-43(6,7)8/h20-21,23-24,30,32-33,35-36H,10-19,22,25-29H2,1-9H3,(H2,44,46,47,51,52)/p+1/t30-,32-,33-,35+,36+/m1/s1. The number of unbranched alkanes of at least 4 members (excludes halogenated alkanes) is 7. The van der Waals surface area contributed by atoms with Gasteiger partial charge in [-0.2, -0.15) is 10.6 Å². The monoisotopic (exact) mass is 784 g/mol. The number of hydrogen-bond donors (Lipinski definition) is 3. The number of hydrogen-bond acceptors (Lipinski definition) is 10. The summed E-state index contributed by atoms with van der Waals surface area (Å²) in [5.74, 6) is 1.42. The van der Waals surface area contributed by atoms with Gasteiger partial charge in [-0.25, -0.2) is 14.6 Å². The molecule has 13 nitrogen and oxygen atoms in total. The van der Waals surface area contributed by atoms with Gasteiger partial charge in [-0.1, -0.05) is 64.0 Å². The largest absolute Gasteiger partial charge is 0.497 e. The first-order chi connectivity index (χ1) is 26.6. The van der Waals surface area contributed by atoms with Crippen molar-refractivity contribution in [2.24, 2.45) is 10.9 Å². The Morgan fingerprint density at radius 3 is 2.09 bits per heavy atom. The molecule has 0 radical (unpaired) electrons. The van der Waals surface area contributed by atoms with E-state index >= 15 is 0 Å². The van der Waals surface area contributed by atoms with Crippen LogP contribution >= 0.6 is 0 Å². The topological polar surface area (TPSA) is 145 Å². The van der Waals surface area contributed by atoms with Crippen molar-refractivity contribution >= 4 is 30.1 Å². The number of guanidine groups is 2. The summed E-state index contributed by atoms with van der Waals surface area (Å²) in [5.41, 5.74) is -0.206. The lowest BCUT2D eigenvalue weighted by Gasteiger charge is -2.52. The molecule has 1 aromatic rings. The maximum absolute atomic E-state index is 13.8. The summed E-state index contributed by atoms with van der Waals surface area (Å²) in [5, 5.41) is 5.10. The molecular weight excluding hydrogens is 713 g/mol. The van der Waals surface area contributed by atoms with E-state index in [1.807, 2.05) is 12.1 Å². The number of nitrogens with zero attached hydrogens (tertiary/aromatic N) is 3. The van der Waals surface area contributed by atoms with Gasteiger partial charge >= 0.3 is 24.1 Å². The summed E-state index contributed by atoms with van der Waals surface area (Å²) in [6.45, 7) is 16.3. The molecule has 0 aromatic heterocycles. The quantitative estimate of drug-likeness (QED) is 0.0536. The molecule has 4 rings (SSSR count). The number of alkyl carbamates (subject to hydrolysis) is 2. The average Bonchev–Trinajstić information content (AvgIpc) is 3.52. The summed E-state index contributed by atoms with van der Waals surface area (Å²) >= 11 is 0. The van der Waals surface area contributed by atoms with Crippen LogP contribution in [-0.4, -0.2) is 95.5 Å². The highest BCUT2D eigenvalue weighted by Crippen LogP contribution is 2.43. The molecule has 0 unspecified atom stereocenters. The fourth-order valence-electron chi connectivity index (χ4n) is 8.02. The summed E-state index contributed by atoms with van der Waals surface area (Å²) in [6, 6.07) is 8.99. The van der Waals surface area contributed by atoms with Gasteiger partial charge in [0, 0.05) is 24.7 Å². The molecule has 5 atom stereocenters. The Bertz CT molecular complexity index is 1450. The first-order valence-corrected chi connectivity index (χ1v) is 21.1. The molecule has 3 aliphatic rings. The third-order valence-electron chi connectivity index (χ3n) is 10.6. The van der Waals surface area contributed by atoms with E-state index in [-0.39, 0.29) is 36.5 Å². The summed E-state index contributed by atoms with van der Waals surface area (Å²) in [6.07, 6.45) is 13.1. The van der Waals surface area contributed by atoms with Gasteiger partial charge in [-0.15, -0.1) is 0 Å². The van der Waals surface area contributed by atoms with Crippen molar-refractivity contribution < 1.29 is 38.3 Å². The van der Waals surface area contributed by atoms with Gasteiger partial charge in [0.2, 0.25) is 0 Å². The van der Waals surface area contributed by atoms with Gasteiger partial charge in [-0.3, -0.25) is 9.79 Å². The molecule has 1 aromatic carbocycles. The second kappa shape index (κ2) is 20.9. The molecule has 2 saturated heterocycles. The number of benzene rings is 1. The third kappa shape index (κ3) is 13.9. The van der Waals surface area contributed by atoms with E-state index in [2.05, 4.69) is 51.4 Å². The van der Waals surface area contributed by atoms with Gasteiger partial charge < -0.3 is 28.7 Å². The Morgan fingerprint density at radius 1 is 0.857 bits per heavy atom. The number of carbonyl (C=O) groups is 3. The van der Waals surface area contributed by atoms with Crippen LogP contribution in [0.1, 0.15) is 144 Å². The number of aliphatic imine (C=N–C) groups is 1. The molecule has 0 aliphatic carbocycles. The SMILES string of the molecule is CCCCCCCCC[C@@H]1C[C@H]2CC[C@H]3[C@@H](C(=O)OCCCC[NH+]=C(NC(=O)OC(C)(C)C)NC(=O)OC(C)(C)C)[C@@H](C)N=C(N1Cc1ccc(OC)cc1)N23. The molecule has 3 N–H and O–H groups in total. The van der Waals surface area contributed by atoms with Crippen molar-refractivity contribution in [2.45, 2.75) is 181 Å². The van der Waals surface area contributed by atoms with E-state index < -0.39 is 23.4 Å². The van der Waals surface area contributed by atoms with Crippen LogP contribution in [0.25, 0.3) is 0 Å². The molecule has 2 fully saturated rings. The molecule has 2 amide bonds. The summed E-state index contributed by atoms with van der Waals surface area (Å²) in [4.78, 5) is 52.0. The minimum atomic E-state index is -0.715. The lowest BCUT2D eigenvalue weighted by atomic mass is 9.89. The van der Waals surface area contributed by atoms with E-state index in [0.717, 1.165) is 43.9 Å². The zero-order valence-corrected chi connectivity index (χ0v) is 35.7. The zero-order chi connectivity index (χ0) is 40.9. The van der Waals surface area contributed by atoms with Crippen molar-refractivity contribution in [3.63, 3.8) is 0 Å². The maximum Gasteiger partial charge on any atom is 0.476 e. The lowest BCUT2D eigenvalue weighted by molar-refractivity contribution is -0.461. The highest BCUT2D eigenvalue weighted by molar-refractivity contribution is 5.98. The highest BCUT2D eigenvalue weighted by atomic mass is 16.6. The molecule has 0 saturated carbocycles. The Balaban J connectivity index is 1.37. The molecule has 314 valence electrons. The normalized spacial score (nSPS) is 21.7. The summed E-state index contributed by atoms with van der Waals surface area (Å²) < 4.78 is 22.0. The van der Waals surface area contributed by atoms with Gasteiger partial charge in [0.1, 0.15) is 17.0 Å². The molecule has 56 heavy (non-hydrogen) atoms. The van der Waals surface area contributed by atoms with Crippen LogP contribution in [0.4, 0.5) is 9.59 Å². The van der Waals surface area contributed by atoms with E-state index in [9.17, 15) is 14.4 Å². The number of amides is 2. The Hall–Kier alpha value is -4.03. The Morgan fingerprint density at radius 2 is 1.48 bits per heavy atom. The van der Waals surface area contributed by atoms with Crippen LogP contribution in [-0.2, 0) is 25.5 Å². The van der Waals surface area contributed by atoms with Crippen LogP contribution in [0.15, 0.2) is 29.3 Å². The van der Waals surface area contributed by atoms with Crippen LogP contribution in [0.2, 0.25) is 0 Å². The zero-order valence-electron chi connectivity index (χ0n) is 35.7. The number of carbonyl (C=O) groups excluding carboxylic acids is 3. The highest BCUT2D eigenvalue weighted by Gasteiger charge is 2.53. The number of esters is 1. The Labute approximate surface area is 335 Å². The van der Waals surface area contributed by atoms with Gasteiger partial charge in [-0.05, 0) is 105 Å². The summed E-state index contributed by atoms with van der Waals surface area (Å²) in [7, 11) is 1.69. The minimum absolute atomic E-state index is 0.0539. The Kier molecular flexibility index (Phi) is 16.7. The van der Waals surface area contributed by atoms with Crippen LogP contribution in [0.3, 0.4) is 0 Å². The van der Waals surface area contributed by atoms with Crippen molar-refractivity contribution in [2.75, 3.05) is 20.3 Å². The van der Waals surface area contributed by atoms with Crippen molar-refractivity contribution in [1.29, 1.82) is 0 Å². The number of methoxy groups -OCH3 is 1. The fourth-order valence-corrected chi connectivity index (χ4v) is 8.02. The molecule has 3 heterocycles. The van der Waals surface area contributed by atoms with E-state index in [0.29, 0.717) is 31.5 Å². The van der Waals surface area contributed by atoms with Crippen molar-refractivity contribution in [1.82, 2.24) is 20.4 Å². The van der Waals surface area contributed by atoms with E-state index in [1.165, 1.54) is 50.5 Å². The fraction of sp³-hybridized carbons (Fsp3) is 0.744. The molecule has 13 heteroatoms. The number of rotatable bonds is 17. The first kappa shape index (κ1) is 44.7. The molecule has 0 spiro atoms. The van der Waals surface area contributed by atoms with Gasteiger partial charge in [0.15, 0.2) is 5.96 Å². The van der Waals surface area contributed by atoms with E-state index in [4.69, 9.17) is 23.9 Å². The minimum Gasteiger partial charge on any atom is -0.497 e. The lowest BCUT2D eigenvalue weighted by Crippen LogP contribution is -2.80. The smallest absolute Gasteiger partial charge is 0.476 e. The average molecular weight is 784 g/mol. The van der Waals surface area contributed by atoms with Crippen LogP contribution in [0, 0.1) is 5.92 Å². The molecule has 0 bridgehead atoms. The van der Waals surface area contributed by atoms with Crippen LogP contribution < -0.4 is 20.4 Å². The van der Waals surface area contributed by atoms with Gasteiger partial charge in [0.05, 0.1) is 32.2 Å².